The summed E-state index contributed by atoms with van der Waals surface area (Å²) in [5.74, 6) is -0.696. The first-order valence-electron chi connectivity index (χ1n) is 35.2. The monoisotopic (exact) mass is 1150 g/mol. The maximum absolute atomic E-state index is 13.2. The van der Waals surface area contributed by atoms with Gasteiger partial charge in [-0.1, -0.05) is 327 Å². The van der Waals surface area contributed by atoms with E-state index >= 15 is 0 Å². The predicted octanol–water partition coefficient (Wildman–Crippen LogP) is 16.8. The van der Waals surface area contributed by atoms with Crippen molar-refractivity contribution in [2.75, 3.05) is 13.2 Å². The van der Waals surface area contributed by atoms with E-state index in [4.69, 9.17) is 9.47 Å². The van der Waals surface area contributed by atoms with Crippen molar-refractivity contribution in [1.29, 1.82) is 0 Å². The maximum Gasteiger partial charge on any atom is 0.249 e. The minimum absolute atomic E-state index is 0.255. The summed E-state index contributed by atoms with van der Waals surface area (Å²) >= 11 is 0. The Kier molecular flexibility index (Phi) is 56.5. The number of aliphatic hydroxyl groups excluding tert-OH is 7. The van der Waals surface area contributed by atoms with Crippen molar-refractivity contribution in [1.82, 2.24) is 5.32 Å². The van der Waals surface area contributed by atoms with Crippen LogP contribution in [0.5, 0.6) is 0 Å². The topological polar surface area (TPSA) is 189 Å². The van der Waals surface area contributed by atoms with Gasteiger partial charge in [-0.3, -0.25) is 4.79 Å². The van der Waals surface area contributed by atoms with Gasteiger partial charge in [0, 0.05) is 0 Å². The van der Waals surface area contributed by atoms with Crippen LogP contribution in [0.1, 0.15) is 348 Å². The number of nitrogens with one attached hydrogen (secondary N) is 1. The Morgan fingerprint density at radius 3 is 1.10 bits per heavy atom. The van der Waals surface area contributed by atoms with Crippen LogP contribution in [0.15, 0.2) is 24.3 Å². The molecule has 0 aromatic carbocycles. The Labute approximate surface area is 499 Å². The molecular weight excluding hydrogens is 1010 g/mol. The molecule has 9 unspecified atom stereocenters. The third-order valence-corrected chi connectivity index (χ3v) is 17.3. The van der Waals surface area contributed by atoms with Crippen molar-refractivity contribution in [2.24, 2.45) is 0 Å². The maximum atomic E-state index is 13.2. The van der Waals surface area contributed by atoms with Crippen molar-refractivity contribution >= 4 is 5.91 Å². The normalized spacial score (nSPS) is 19.2. The Hall–Kier alpha value is -1.41. The van der Waals surface area contributed by atoms with Gasteiger partial charge in [-0.05, 0) is 44.9 Å². The molecule has 0 saturated carbocycles. The molecule has 11 heteroatoms. The second-order valence-corrected chi connectivity index (χ2v) is 25.0. The van der Waals surface area contributed by atoms with Crippen LogP contribution in [0.2, 0.25) is 0 Å². The minimum Gasteiger partial charge on any atom is -0.394 e. The first-order chi connectivity index (χ1) is 39.7. The number of carbonyl (C=O) groups is 1. The number of hydrogen-bond donors (Lipinski definition) is 8. The highest BCUT2D eigenvalue weighted by Gasteiger charge is 2.44. The molecule has 1 heterocycles. The number of rotatable bonds is 62. The summed E-state index contributed by atoms with van der Waals surface area (Å²) < 4.78 is 11.2. The van der Waals surface area contributed by atoms with Crippen molar-refractivity contribution in [2.45, 2.75) is 403 Å². The van der Waals surface area contributed by atoms with E-state index in [1.807, 2.05) is 0 Å². The summed E-state index contributed by atoms with van der Waals surface area (Å²) in [4.78, 5) is 13.2. The second kappa shape index (κ2) is 58.9. The average molecular weight is 1150 g/mol. The van der Waals surface area contributed by atoms with Crippen LogP contribution in [0.4, 0.5) is 0 Å². The largest absolute Gasteiger partial charge is 0.394 e. The first kappa shape index (κ1) is 77.6. The molecule has 0 bridgehead atoms. The van der Waals surface area contributed by atoms with E-state index in [0.717, 1.165) is 51.4 Å². The molecule has 0 aliphatic carbocycles. The first-order valence-corrected chi connectivity index (χ1v) is 35.2. The van der Waals surface area contributed by atoms with Crippen molar-refractivity contribution in [3.63, 3.8) is 0 Å². The summed E-state index contributed by atoms with van der Waals surface area (Å²) in [6.45, 7) is 3.51. The van der Waals surface area contributed by atoms with E-state index in [-0.39, 0.29) is 6.42 Å². The average Bonchev–Trinajstić information content (AvgIpc) is 3.51. The van der Waals surface area contributed by atoms with Crippen molar-refractivity contribution in [3.8, 4) is 0 Å². The number of amides is 1. The zero-order valence-electron chi connectivity index (χ0n) is 53.0. The van der Waals surface area contributed by atoms with E-state index < -0.39 is 74.2 Å². The van der Waals surface area contributed by atoms with Gasteiger partial charge in [-0.25, -0.2) is 0 Å². The Morgan fingerprint density at radius 1 is 0.432 bits per heavy atom. The molecule has 0 spiro atoms. The van der Waals surface area contributed by atoms with Gasteiger partial charge in [0.15, 0.2) is 6.29 Å². The molecule has 480 valence electrons. The van der Waals surface area contributed by atoms with Gasteiger partial charge in [0.2, 0.25) is 5.91 Å². The number of unbranched alkanes of at least 4 members (excludes halogenated alkanes) is 46. The zero-order chi connectivity index (χ0) is 58.9. The minimum atomic E-state index is -1.66. The Balaban J connectivity index is 2.20. The van der Waals surface area contributed by atoms with Crippen LogP contribution in [0, 0.1) is 0 Å². The highest BCUT2D eigenvalue weighted by Crippen LogP contribution is 2.24. The van der Waals surface area contributed by atoms with Crippen LogP contribution in [0.25, 0.3) is 0 Å². The van der Waals surface area contributed by atoms with Crippen LogP contribution in [-0.4, -0.2) is 110 Å². The van der Waals surface area contributed by atoms with Gasteiger partial charge < -0.3 is 50.5 Å². The lowest BCUT2D eigenvalue weighted by atomic mass is 9.98. The number of allylic oxidation sites excluding steroid dienone is 4. The predicted molar refractivity (Wildman–Crippen MR) is 339 cm³/mol. The van der Waals surface area contributed by atoms with E-state index in [1.54, 1.807) is 0 Å². The van der Waals surface area contributed by atoms with Crippen molar-refractivity contribution < 1.29 is 50.0 Å². The molecule has 0 aromatic heterocycles. The van der Waals surface area contributed by atoms with Gasteiger partial charge in [0.25, 0.3) is 0 Å². The summed E-state index contributed by atoms with van der Waals surface area (Å²) in [6, 6.07) is -1.17. The molecule has 1 fully saturated rings. The quantitative estimate of drug-likeness (QED) is 0.0215. The van der Waals surface area contributed by atoms with Crippen LogP contribution in [-0.2, 0) is 14.3 Å². The third kappa shape index (κ3) is 46.5. The van der Waals surface area contributed by atoms with Crippen molar-refractivity contribution in [3.05, 3.63) is 24.3 Å². The Bertz CT molecular complexity index is 1370. The Morgan fingerprint density at radius 2 is 0.753 bits per heavy atom. The highest BCUT2D eigenvalue weighted by atomic mass is 16.7. The lowest BCUT2D eigenvalue weighted by Crippen LogP contribution is -2.60. The van der Waals surface area contributed by atoms with Crippen LogP contribution < -0.4 is 5.32 Å². The summed E-state index contributed by atoms with van der Waals surface area (Å²) in [7, 11) is 0. The lowest BCUT2D eigenvalue weighted by Gasteiger charge is -2.40. The summed E-state index contributed by atoms with van der Waals surface area (Å²) in [5, 5.41) is 76.5. The van der Waals surface area contributed by atoms with Gasteiger partial charge in [-0.15, -0.1) is 0 Å². The fourth-order valence-electron chi connectivity index (χ4n) is 11.6. The van der Waals surface area contributed by atoms with E-state index in [0.29, 0.717) is 19.3 Å². The molecule has 9 atom stereocenters. The van der Waals surface area contributed by atoms with Gasteiger partial charge >= 0.3 is 0 Å². The lowest BCUT2D eigenvalue weighted by molar-refractivity contribution is -0.303. The fourth-order valence-corrected chi connectivity index (χ4v) is 11.6. The number of aliphatic hydroxyl groups is 7. The molecule has 0 radical (unpaired) electrons. The molecule has 1 rings (SSSR count). The van der Waals surface area contributed by atoms with Crippen LogP contribution >= 0.6 is 0 Å². The summed E-state index contributed by atoms with van der Waals surface area (Å²) in [6.07, 6.45) is 62.5. The summed E-state index contributed by atoms with van der Waals surface area (Å²) in [5.41, 5.74) is 0. The fraction of sp³-hybridized carbons (Fsp3) is 0.929. The molecule has 81 heavy (non-hydrogen) atoms. The van der Waals surface area contributed by atoms with E-state index in [9.17, 15) is 40.5 Å². The molecule has 1 aliphatic rings. The standard InChI is InChI=1S/C70H135NO10/c1-3-5-7-9-11-13-15-17-19-21-23-25-27-29-30-31-32-33-34-36-37-39-41-43-45-47-49-51-53-55-57-62(73)65(75)61(60-80-70-68(78)67(77)66(76)64(59-72)81-70)71-69(79)63(74)58-56-54-52-50-48-46-44-42-40-38-35-28-26-24-22-20-18-16-14-12-10-8-6-4-2/h24,26,35,38,61-68,70,72-78H,3-23,25,27-34,36-37,39-60H2,1-2H3,(H,71,79)/b26-24-,38-35-. The SMILES string of the molecule is CCCCCCCCCCC/C=C\C/C=C\CCCCCCCCCCC(O)C(=O)NC(COC1OC(CO)C(O)C(O)C1O)C(O)C(O)CCCCCCCCCCCCCCCCCCCCCCCCCCCCCCCC. The van der Waals surface area contributed by atoms with Gasteiger partial charge in [0.1, 0.15) is 36.6 Å². The van der Waals surface area contributed by atoms with Gasteiger partial charge in [0.05, 0.1) is 25.4 Å². The smallest absolute Gasteiger partial charge is 0.249 e. The molecule has 1 saturated heterocycles. The third-order valence-electron chi connectivity index (χ3n) is 17.3. The highest BCUT2D eigenvalue weighted by molar-refractivity contribution is 5.80. The molecular formula is C70H135NO10. The zero-order valence-corrected chi connectivity index (χ0v) is 53.0. The molecule has 1 aliphatic heterocycles. The van der Waals surface area contributed by atoms with E-state index in [2.05, 4.69) is 43.5 Å². The van der Waals surface area contributed by atoms with Gasteiger partial charge in [-0.2, -0.15) is 0 Å². The van der Waals surface area contributed by atoms with E-state index in [1.165, 1.54) is 257 Å². The number of hydrogen-bond acceptors (Lipinski definition) is 10. The molecule has 8 N–H and O–H groups in total. The second-order valence-electron chi connectivity index (χ2n) is 25.0. The molecule has 0 aromatic rings. The van der Waals surface area contributed by atoms with Crippen LogP contribution in [0.3, 0.4) is 0 Å². The molecule has 11 nitrogen and oxygen atoms in total. The number of ether oxygens (including phenoxy) is 2. The molecule has 1 amide bonds. The number of carbonyl (C=O) groups excluding carboxylic acids is 1.